The monoisotopic (exact) mass is 347 g/mol. The number of carbonyl (C=O) groups excluding carboxylic acids is 2. The normalized spacial score (nSPS) is 10.7. The van der Waals surface area contributed by atoms with E-state index >= 15 is 0 Å². The Bertz CT molecular complexity index is 929. The van der Waals surface area contributed by atoms with Crippen LogP contribution in [0.4, 0.5) is 5.69 Å². The third-order valence-corrected chi connectivity index (χ3v) is 3.45. The number of nitrogens with zero attached hydrogens (tertiary/aromatic N) is 2. The molecule has 0 aliphatic heterocycles. The van der Waals surface area contributed by atoms with Gasteiger partial charge in [0.2, 0.25) is 5.91 Å². The van der Waals surface area contributed by atoms with E-state index in [1.165, 1.54) is 13.0 Å². The van der Waals surface area contributed by atoms with Crippen LogP contribution in [0.5, 0.6) is 5.75 Å². The number of amides is 1. The Kier molecular flexibility index (Phi) is 5.24. The van der Waals surface area contributed by atoms with E-state index < -0.39 is 5.97 Å². The van der Waals surface area contributed by atoms with Gasteiger partial charge in [0.25, 0.3) is 0 Å². The second-order valence-corrected chi connectivity index (χ2v) is 5.51. The highest BCUT2D eigenvalue weighted by molar-refractivity contribution is 5.90. The fraction of sp³-hybridized carbons (Fsp3) is 0.0500. The van der Waals surface area contributed by atoms with Gasteiger partial charge in [-0.15, -0.1) is 0 Å². The third kappa shape index (κ3) is 4.67. The molecule has 0 saturated heterocycles. The van der Waals surface area contributed by atoms with Gasteiger partial charge in [-0.1, -0.05) is 18.2 Å². The number of carbonyl (C=O) groups is 2. The average molecular weight is 347 g/mol. The van der Waals surface area contributed by atoms with Crippen molar-refractivity contribution in [3.05, 3.63) is 78.6 Å². The number of hydrogen-bond acceptors (Lipinski definition) is 4. The molecular formula is C20H17N3O3. The van der Waals surface area contributed by atoms with Gasteiger partial charge in [0.1, 0.15) is 5.75 Å². The lowest BCUT2D eigenvalue weighted by molar-refractivity contribution is -0.128. The smallest absolute Gasteiger partial charge is 0.336 e. The maximum atomic E-state index is 12.0. The zero-order valence-corrected chi connectivity index (χ0v) is 14.1. The Morgan fingerprint density at radius 3 is 2.62 bits per heavy atom. The highest BCUT2D eigenvalue weighted by Gasteiger charge is 2.03. The van der Waals surface area contributed by atoms with Crippen LogP contribution in [0.3, 0.4) is 0 Å². The van der Waals surface area contributed by atoms with Gasteiger partial charge >= 0.3 is 5.97 Å². The summed E-state index contributed by atoms with van der Waals surface area (Å²) >= 11 is 0. The second kappa shape index (κ2) is 7.94. The number of aromatic nitrogens is 2. The van der Waals surface area contributed by atoms with Crippen LogP contribution in [-0.2, 0) is 9.59 Å². The first-order valence-corrected chi connectivity index (χ1v) is 7.98. The van der Waals surface area contributed by atoms with Crippen LogP contribution in [0.2, 0.25) is 0 Å². The maximum Gasteiger partial charge on any atom is 0.336 e. The molecule has 0 spiro atoms. The van der Waals surface area contributed by atoms with E-state index in [2.05, 4.69) is 10.4 Å². The predicted octanol–water partition coefficient (Wildman–Crippen LogP) is 3.45. The van der Waals surface area contributed by atoms with E-state index in [4.69, 9.17) is 4.74 Å². The summed E-state index contributed by atoms with van der Waals surface area (Å²) in [6.45, 7) is 1.45. The molecule has 26 heavy (non-hydrogen) atoms. The van der Waals surface area contributed by atoms with E-state index in [1.54, 1.807) is 59.4 Å². The predicted molar refractivity (Wildman–Crippen MR) is 99.0 cm³/mol. The molecule has 1 N–H and O–H groups in total. The van der Waals surface area contributed by atoms with Crippen molar-refractivity contribution < 1.29 is 14.3 Å². The summed E-state index contributed by atoms with van der Waals surface area (Å²) in [6.07, 6.45) is 6.50. The largest absolute Gasteiger partial charge is 0.423 e. The summed E-state index contributed by atoms with van der Waals surface area (Å²) in [5.74, 6) is -0.170. The quantitative estimate of drug-likeness (QED) is 0.436. The SMILES string of the molecule is CC(=O)Nc1ccc(C=CC(=O)Oc2cccc(-n3cccn3)c2)cc1. The standard InChI is InChI=1S/C20H17N3O3/c1-15(24)22-17-9-6-16(7-10-17)8-11-20(25)26-19-5-2-4-18(14-19)23-13-3-12-21-23/h2-14H,1H3,(H,22,24). The van der Waals surface area contributed by atoms with Gasteiger partial charge in [-0.05, 0) is 42.0 Å². The van der Waals surface area contributed by atoms with Crippen molar-refractivity contribution in [2.24, 2.45) is 0 Å². The number of esters is 1. The van der Waals surface area contributed by atoms with Gasteiger partial charge < -0.3 is 10.1 Å². The molecule has 0 atom stereocenters. The lowest BCUT2D eigenvalue weighted by Gasteiger charge is -2.05. The molecule has 0 aliphatic rings. The third-order valence-electron chi connectivity index (χ3n) is 3.45. The van der Waals surface area contributed by atoms with Gasteiger partial charge in [0.05, 0.1) is 5.69 Å². The fourth-order valence-electron chi connectivity index (χ4n) is 2.31. The fourth-order valence-corrected chi connectivity index (χ4v) is 2.31. The Balaban J connectivity index is 1.62. The lowest BCUT2D eigenvalue weighted by atomic mass is 10.2. The zero-order chi connectivity index (χ0) is 18.4. The van der Waals surface area contributed by atoms with Crippen molar-refractivity contribution in [1.82, 2.24) is 9.78 Å². The number of hydrogen-bond donors (Lipinski definition) is 1. The summed E-state index contributed by atoms with van der Waals surface area (Å²) in [7, 11) is 0. The Hall–Kier alpha value is -3.67. The molecule has 2 aromatic carbocycles. The molecule has 1 amide bonds. The summed E-state index contributed by atoms with van der Waals surface area (Å²) in [5.41, 5.74) is 2.33. The van der Waals surface area contributed by atoms with Crippen molar-refractivity contribution in [1.29, 1.82) is 0 Å². The number of rotatable bonds is 5. The van der Waals surface area contributed by atoms with E-state index in [0.717, 1.165) is 11.3 Å². The minimum absolute atomic E-state index is 0.130. The molecule has 1 aromatic heterocycles. The number of anilines is 1. The molecule has 3 aromatic rings. The first kappa shape index (κ1) is 17.2. The van der Waals surface area contributed by atoms with Gasteiger partial charge in [-0.3, -0.25) is 4.79 Å². The Morgan fingerprint density at radius 1 is 1.12 bits per heavy atom. The molecular weight excluding hydrogens is 330 g/mol. The topological polar surface area (TPSA) is 73.2 Å². The molecule has 130 valence electrons. The molecule has 0 bridgehead atoms. The Labute approximate surface area is 150 Å². The van der Waals surface area contributed by atoms with Crippen molar-refractivity contribution in [3.63, 3.8) is 0 Å². The van der Waals surface area contributed by atoms with E-state index in [0.29, 0.717) is 11.4 Å². The van der Waals surface area contributed by atoms with Crippen LogP contribution < -0.4 is 10.1 Å². The van der Waals surface area contributed by atoms with Crippen LogP contribution in [-0.4, -0.2) is 21.7 Å². The number of ether oxygens (including phenoxy) is 1. The number of benzene rings is 2. The molecule has 6 nitrogen and oxygen atoms in total. The van der Waals surface area contributed by atoms with Crippen molar-refractivity contribution >= 4 is 23.6 Å². The minimum Gasteiger partial charge on any atom is -0.423 e. The molecule has 0 fully saturated rings. The second-order valence-electron chi connectivity index (χ2n) is 5.51. The summed E-state index contributed by atoms with van der Waals surface area (Å²) < 4.78 is 7.01. The molecule has 0 saturated carbocycles. The van der Waals surface area contributed by atoms with Crippen LogP contribution in [0.1, 0.15) is 12.5 Å². The summed E-state index contributed by atoms with van der Waals surface area (Å²) in [4.78, 5) is 23.0. The molecule has 1 heterocycles. The van der Waals surface area contributed by atoms with Gasteiger partial charge in [-0.2, -0.15) is 5.10 Å². The summed E-state index contributed by atoms with van der Waals surface area (Å²) in [6, 6.07) is 16.1. The molecule has 3 rings (SSSR count). The maximum absolute atomic E-state index is 12.0. The van der Waals surface area contributed by atoms with Crippen LogP contribution in [0, 0.1) is 0 Å². The van der Waals surface area contributed by atoms with Crippen LogP contribution >= 0.6 is 0 Å². The van der Waals surface area contributed by atoms with Crippen LogP contribution in [0.15, 0.2) is 73.1 Å². The molecule has 0 unspecified atom stereocenters. The zero-order valence-electron chi connectivity index (χ0n) is 14.1. The van der Waals surface area contributed by atoms with Gasteiger partial charge in [-0.25, -0.2) is 9.48 Å². The molecule has 6 heteroatoms. The van der Waals surface area contributed by atoms with Gasteiger partial charge in [0.15, 0.2) is 0 Å². The van der Waals surface area contributed by atoms with E-state index in [-0.39, 0.29) is 5.91 Å². The number of nitrogens with one attached hydrogen (secondary N) is 1. The van der Waals surface area contributed by atoms with E-state index in [1.807, 2.05) is 18.3 Å². The summed E-state index contributed by atoms with van der Waals surface area (Å²) in [5, 5.41) is 6.83. The first-order chi connectivity index (χ1) is 12.6. The van der Waals surface area contributed by atoms with Crippen molar-refractivity contribution in [2.75, 3.05) is 5.32 Å². The highest BCUT2D eigenvalue weighted by Crippen LogP contribution is 2.17. The lowest BCUT2D eigenvalue weighted by Crippen LogP contribution is -2.05. The minimum atomic E-state index is -0.478. The first-order valence-electron chi connectivity index (χ1n) is 7.98. The van der Waals surface area contributed by atoms with Gasteiger partial charge in [0, 0.05) is 37.1 Å². The van der Waals surface area contributed by atoms with Crippen molar-refractivity contribution in [3.8, 4) is 11.4 Å². The Morgan fingerprint density at radius 2 is 1.92 bits per heavy atom. The van der Waals surface area contributed by atoms with E-state index in [9.17, 15) is 9.59 Å². The molecule has 0 radical (unpaired) electrons. The average Bonchev–Trinajstić information content (AvgIpc) is 3.16. The van der Waals surface area contributed by atoms with Crippen LogP contribution in [0.25, 0.3) is 11.8 Å². The molecule has 0 aliphatic carbocycles. The van der Waals surface area contributed by atoms with Crippen molar-refractivity contribution in [2.45, 2.75) is 6.92 Å². The highest BCUT2D eigenvalue weighted by atomic mass is 16.5.